The molecule has 92 valence electrons. The van der Waals surface area contributed by atoms with Crippen molar-refractivity contribution in [3.8, 4) is 0 Å². The Kier molecular flexibility index (Phi) is 3.17. The fourth-order valence-corrected chi connectivity index (χ4v) is 3.14. The highest BCUT2D eigenvalue weighted by atomic mass is 16.5. The quantitative estimate of drug-likeness (QED) is 0.867. The molecule has 1 saturated carbocycles. The van der Waals surface area contributed by atoms with E-state index in [1.165, 1.54) is 24.8 Å². The summed E-state index contributed by atoms with van der Waals surface area (Å²) in [5.74, 6) is 1.97. The molecule has 0 spiro atoms. The van der Waals surface area contributed by atoms with E-state index in [1.807, 2.05) is 0 Å². The highest BCUT2D eigenvalue weighted by molar-refractivity contribution is 5.26. The highest BCUT2D eigenvalue weighted by Gasteiger charge is 2.44. The lowest BCUT2D eigenvalue weighted by atomic mass is 9.90. The lowest BCUT2D eigenvalue weighted by Crippen LogP contribution is -2.37. The smallest absolute Gasteiger partial charge is 0.0509 e. The van der Waals surface area contributed by atoms with Crippen LogP contribution in [0.15, 0.2) is 30.3 Å². The second kappa shape index (κ2) is 4.79. The van der Waals surface area contributed by atoms with Crippen LogP contribution in [0.3, 0.4) is 0 Å². The van der Waals surface area contributed by atoms with Crippen LogP contribution in [-0.2, 0) is 4.74 Å². The van der Waals surface area contributed by atoms with E-state index < -0.39 is 0 Å². The number of rotatable bonds is 3. The second-order valence-electron chi connectivity index (χ2n) is 5.47. The Labute approximate surface area is 103 Å². The van der Waals surface area contributed by atoms with Gasteiger partial charge in [0.1, 0.15) is 0 Å². The molecule has 17 heavy (non-hydrogen) atoms. The molecule has 2 heteroatoms. The van der Waals surface area contributed by atoms with E-state index >= 15 is 0 Å². The molecular weight excluding hydrogens is 210 g/mol. The summed E-state index contributed by atoms with van der Waals surface area (Å²) in [5.41, 5.74) is 7.86. The topological polar surface area (TPSA) is 35.2 Å². The zero-order chi connectivity index (χ0) is 11.7. The molecule has 1 aliphatic heterocycles. The largest absolute Gasteiger partial charge is 0.381 e. The SMILES string of the molecule is NC(C1CCCOC1)C1CC1c1ccccc1. The van der Waals surface area contributed by atoms with Crippen LogP contribution >= 0.6 is 0 Å². The average molecular weight is 231 g/mol. The van der Waals surface area contributed by atoms with Crippen molar-refractivity contribution in [1.29, 1.82) is 0 Å². The van der Waals surface area contributed by atoms with Crippen LogP contribution in [0.2, 0.25) is 0 Å². The molecule has 4 unspecified atom stereocenters. The Morgan fingerprint density at radius 2 is 2.06 bits per heavy atom. The van der Waals surface area contributed by atoms with Gasteiger partial charge in [-0.25, -0.2) is 0 Å². The highest BCUT2D eigenvalue weighted by Crippen LogP contribution is 2.50. The monoisotopic (exact) mass is 231 g/mol. The minimum Gasteiger partial charge on any atom is -0.381 e. The van der Waals surface area contributed by atoms with Gasteiger partial charge in [-0.2, -0.15) is 0 Å². The Bertz CT molecular complexity index is 358. The number of hydrogen-bond acceptors (Lipinski definition) is 2. The maximum Gasteiger partial charge on any atom is 0.0509 e. The van der Waals surface area contributed by atoms with Crippen molar-refractivity contribution in [3.63, 3.8) is 0 Å². The van der Waals surface area contributed by atoms with Crippen LogP contribution in [0.4, 0.5) is 0 Å². The first-order chi connectivity index (χ1) is 8.36. The Morgan fingerprint density at radius 3 is 2.76 bits per heavy atom. The van der Waals surface area contributed by atoms with Crippen molar-refractivity contribution < 1.29 is 4.74 Å². The van der Waals surface area contributed by atoms with Crippen LogP contribution in [0, 0.1) is 11.8 Å². The van der Waals surface area contributed by atoms with Crippen LogP contribution in [0.25, 0.3) is 0 Å². The van der Waals surface area contributed by atoms with E-state index in [0.29, 0.717) is 23.8 Å². The third kappa shape index (κ3) is 2.38. The predicted octanol–water partition coefficient (Wildman–Crippen LogP) is 2.54. The Hall–Kier alpha value is -0.860. The Morgan fingerprint density at radius 1 is 1.24 bits per heavy atom. The van der Waals surface area contributed by atoms with Gasteiger partial charge in [0.25, 0.3) is 0 Å². The van der Waals surface area contributed by atoms with E-state index in [4.69, 9.17) is 10.5 Å². The lowest BCUT2D eigenvalue weighted by Gasteiger charge is -2.27. The summed E-state index contributed by atoms with van der Waals surface area (Å²) >= 11 is 0. The molecule has 1 aromatic rings. The first-order valence-corrected chi connectivity index (χ1v) is 6.74. The van der Waals surface area contributed by atoms with Crippen molar-refractivity contribution in [1.82, 2.24) is 0 Å². The third-order valence-electron chi connectivity index (χ3n) is 4.30. The zero-order valence-electron chi connectivity index (χ0n) is 10.2. The summed E-state index contributed by atoms with van der Waals surface area (Å²) in [6.45, 7) is 1.80. The molecule has 1 heterocycles. The van der Waals surface area contributed by atoms with Crippen molar-refractivity contribution in [2.24, 2.45) is 17.6 Å². The first kappa shape index (κ1) is 11.2. The maximum atomic E-state index is 6.40. The summed E-state index contributed by atoms with van der Waals surface area (Å²) < 4.78 is 5.54. The molecule has 2 nitrogen and oxygen atoms in total. The van der Waals surface area contributed by atoms with Gasteiger partial charge in [-0.15, -0.1) is 0 Å². The predicted molar refractivity (Wildman–Crippen MR) is 68.8 cm³/mol. The van der Waals surface area contributed by atoms with Crippen molar-refractivity contribution in [3.05, 3.63) is 35.9 Å². The van der Waals surface area contributed by atoms with Gasteiger partial charge in [-0.05, 0) is 42.6 Å². The van der Waals surface area contributed by atoms with Crippen molar-refractivity contribution >= 4 is 0 Å². The first-order valence-electron chi connectivity index (χ1n) is 6.74. The van der Waals surface area contributed by atoms with Crippen molar-refractivity contribution in [2.45, 2.75) is 31.2 Å². The summed E-state index contributed by atoms with van der Waals surface area (Å²) in [5, 5.41) is 0. The summed E-state index contributed by atoms with van der Waals surface area (Å²) in [4.78, 5) is 0. The van der Waals surface area contributed by atoms with Crippen LogP contribution in [0.5, 0.6) is 0 Å². The summed E-state index contributed by atoms with van der Waals surface area (Å²) in [6.07, 6.45) is 3.70. The normalized spacial score (nSPS) is 34.3. The molecule has 0 bridgehead atoms. The molecule has 1 saturated heterocycles. The standard InChI is InChI=1S/C15H21NO/c16-15(12-7-4-8-17-10-12)14-9-13(14)11-5-2-1-3-6-11/h1-3,5-6,12-15H,4,7-10,16H2. The molecule has 0 aromatic heterocycles. The molecule has 2 fully saturated rings. The third-order valence-corrected chi connectivity index (χ3v) is 4.30. The second-order valence-corrected chi connectivity index (χ2v) is 5.47. The molecule has 0 amide bonds. The number of nitrogens with two attached hydrogens (primary N) is 1. The van der Waals surface area contributed by atoms with Gasteiger partial charge in [0.15, 0.2) is 0 Å². The molecule has 4 atom stereocenters. The van der Waals surface area contributed by atoms with Gasteiger partial charge < -0.3 is 10.5 Å². The van der Waals surface area contributed by atoms with E-state index in [2.05, 4.69) is 30.3 Å². The molecule has 1 aliphatic carbocycles. The maximum absolute atomic E-state index is 6.40. The van der Waals surface area contributed by atoms with Crippen LogP contribution < -0.4 is 5.73 Å². The summed E-state index contributed by atoms with van der Waals surface area (Å²) in [7, 11) is 0. The van der Waals surface area contributed by atoms with Gasteiger partial charge in [-0.1, -0.05) is 30.3 Å². The van der Waals surface area contributed by atoms with Gasteiger partial charge in [-0.3, -0.25) is 0 Å². The van der Waals surface area contributed by atoms with Gasteiger partial charge in [0.2, 0.25) is 0 Å². The molecule has 2 aliphatic rings. The lowest BCUT2D eigenvalue weighted by molar-refractivity contribution is 0.0417. The van der Waals surface area contributed by atoms with E-state index in [0.717, 1.165) is 13.2 Å². The van der Waals surface area contributed by atoms with Gasteiger partial charge >= 0.3 is 0 Å². The van der Waals surface area contributed by atoms with E-state index in [-0.39, 0.29) is 0 Å². The molecule has 3 rings (SSSR count). The minimum absolute atomic E-state index is 0.334. The fourth-order valence-electron chi connectivity index (χ4n) is 3.14. The molecule has 2 N–H and O–H groups in total. The fraction of sp³-hybridized carbons (Fsp3) is 0.600. The zero-order valence-corrected chi connectivity index (χ0v) is 10.2. The number of hydrogen-bond donors (Lipinski definition) is 1. The molecular formula is C15H21NO. The van der Waals surface area contributed by atoms with Gasteiger partial charge in [0.05, 0.1) is 6.61 Å². The number of benzene rings is 1. The minimum atomic E-state index is 0.334. The molecule has 0 radical (unpaired) electrons. The average Bonchev–Trinajstić information content (AvgIpc) is 3.20. The molecule has 1 aromatic carbocycles. The van der Waals surface area contributed by atoms with Crippen LogP contribution in [0.1, 0.15) is 30.7 Å². The summed E-state index contributed by atoms with van der Waals surface area (Å²) in [6, 6.07) is 11.1. The van der Waals surface area contributed by atoms with Crippen LogP contribution in [-0.4, -0.2) is 19.3 Å². The van der Waals surface area contributed by atoms with Crippen molar-refractivity contribution in [2.75, 3.05) is 13.2 Å². The van der Waals surface area contributed by atoms with E-state index in [9.17, 15) is 0 Å². The van der Waals surface area contributed by atoms with E-state index in [1.54, 1.807) is 0 Å². The Balaban J connectivity index is 1.60. The van der Waals surface area contributed by atoms with Gasteiger partial charge in [0, 0.05) is 12.6 Å². The number of ether oxygens (including phenoxy) is 1.